The highest BCUT2D eigenvalue weighted by atomic mass is 16.5. The summed E-state index contributed by atoms with van der Waals surface area (Å²) < 4.78 is 15.8. The number of benzene rings is 1. The molecule has 0 amide bonds. The topological polar surface area (TPSA) is 56.8 Å². The minimum atomic E-state index is -0.856. The van der Waals surface area contributed by atoms with Crippen molar-refractivity contribution >= 4 is 5.97 Å². The van der Waals surface area contributed by atoms with Crippen molar-refractivity contribution in [2.75, 3.05) is 34.0 Å². The molecular weight excluding hydrogens is 270 g/mol. The van der Waals surface area contributed by atoms with Crippen molar-refractivity contribution in [2.24, 2.45) is 0 Å². The lowest BCUT2D eigenvalue weighted by Crippen LogP contribution is -2.53. The van der Waals surface area contributed by atoms with E-state index in [0.29, 0.717) is 13.2 Å². The molecule has 1 aromatic rings. The molecule has 5 nitrogen and oxygen atoms in total. The maximum Gasteiger partial charge on any atom is 0.329 e. The minimum Gasteiger partial charge on any atom is -0.491 e. The van der Waals surface area contributed by atoms with E-state index in [1.807, 2.05) is 24.3 Å². The molecule has 1 rings (SSSR count). The summed E-state index contributed by atoms with van der Waals surface area (Å²) in [5, 5.41) is 2.96. The van der Waals surface area contributed by atoms with Gasteiger partial charge in [0.2, 0.25) is 0 Å². The third-order valence-corrected chi connectivity index (χ3v) is 3.32. The fourth-order valence-electron chi connectivity index (χ4n) is 1.72. The van der Waals surface area contributed by atoms with Crippen LogP contribution in [0.3, 0.4) is 0 Å². The van der Waals surface area contributed by atoms with Crippen molar-refractivity contribution in [1.29, 1.82) is 0 Å². The smallest absolute Gasteiger partial charge is 0.329 e. The van der Waals surface area contributed by atoms with Gasteiger partial charge in [0.05, 0.1) is 13.2 Å². The second kappa shape index (κ2) is 8.64. The van der Waals surface area contributed by atoms with E-state index in [1.54, 1.807) is 28.0 Å². The highest BCUT2D eigenvalue weighted by Crippen LogP contribution is 2.15. The number of ether oxygens (including phenoxy) is 3. The molecule has 118 valence electrons. The Kier molecular flexibility index (Phi) is 7.19. The number of methoxy groups -OCH3 is 1. The number of nitrogens with one attached hydrogen (secondary N) is 1. The molecule has 0 heterocycles. The molecule has 5 heteroatoms. The van der Waals surface area contributed by atoms with Crippen LogP contribution in [0.15, 0.2) is 24.3 Å². The normalized spacial score (nSPS) is 13.5. The van der Waals surface area contributed by atoms with Crippen LogP contribution in [0.5, 0.6) is 5.75 Å². The standard InChI is InChI=1S/C16H25NO4/c1-5-20-15(18)16(2,17-3)12-21-14-8-6-13(7-9-14)10-11-19-4/h6-9,17H,5,10-12H2,1-4H3. The van der Waals surface area contributed by atoms with Gasteiger partial charge in [-0.15, -0.1) is 0 Å². The monoisotopic (exact) mass is 295 g/mol. The minimum absolute atomic E-state index is 0.208. The predicted molar refractivity (Wildman–Crippen MR) is 81.6 cm³/mol. The SMILES string of the molecule is CCOC(=O)C(C)(COc1ccc(CCOC)cc1)NC. The Labute approximate surface area is 126 Å². The van der Waals surface area contributed by atoms with Crippen LogP contribution >= 0.6 is 0 Å². The van der Waals surface area contributed by atoms with E-state index in [2.05, 4.69) is 5.32 Å². The van der Waals surface area contributed by atoms with Gasteiger partial charge in [-0.1, -0.05) is 12.1 Å². The first-order valence-electron chi connectivity index (χ1n) is 7.12. The summed E-state index contributed by atoms with van der Waals surface area (Å²) in [6.07, 6.45) is 0.869. The van der Waals surface area contributed by atoms with Crippen molar-refractivity contribution in [3.05, 3.63) is 29.8 Å². The molecule has 21 heavy (non-hydrogen) atoms. The number of likely N-dealkylation sites (N-methyl/N-ethyl adjacent to an activating group) is 1. The molecule has 0 spiro atoms. The fraction of sp³-hybridized carbons (Fsp3) is 0.562. The molecule has 1 N–H and O–H groups in total. The Morgan fingerprint density at radius 2 is 1.95 bits per heavy atom. The molecule has 0 radical (unpaired) electrons. The van der Waals surface area contributed by atoms with Crippen LogP contribution < -0.4 is 10.1 Å². The molecule has 0 aliphatic heterocycles. The molecule has 0 aliphatic rings. The highest BCUT2D eigenvalue weighted by Gasteiger charge is 2.34. The number of carbonyl (C=O) groups excluding carboxylic acids is 1. The molecule has 0 aliphatic carbocycles. The molecule has 0 saturated carbocycles. The largest absolute Gasteiger partial charge is 0.491 e. The van der Waals surface area contributed by atoms with E-state index < -0.39 is 5.54 Å². The van der Waals surface area contributed by atoms with Crippen LogP contribution in [0.4, 0.5) is 0 Å². The van der Waals surface area contributed by atoms with E-state index in [4.69, 9.17) is 14.2 Å². The van der Waals surface area contributed by atoms with Crippen molar-refractivity contribution < 1.29 is 19.0 Å². The first-order chi connectivity index (χ1) is 10.1. The zero-order valence-corrected chi connectivity index (χ0v) is 13.3. The van der Waals surface area contributed by atoms with E-state index in [-0.39, 0.29) is 12.6 Å². The highest BCUT2D eigenvalue weighted by molar-refractivity contribution is 5.80. The van der Waals surface area contributed by atoms with E-state index >= 15 is 0 Å². The number of hydrogen-bond donors (Lipinski definition) is 1. The first kappa shape index (κ1) is 17.5. The third kappa shape index (κ3) is 5.36. The summed E-state index contributed by atoms with van der Waals surface area (Å²) in [6, 6.07) is 7.78. The van der Waals surface area contributed by atoms with Crippen LogP contribution in [0.1, 0.15) is 19.4 Å². The molecule has 0 aromatic heterocycles. The summed E-state index contributed by atoms with van der Waals surface area (Å²) in [5.74, 6) is 0.408. The number of rotatable bonds is 9. The van der Waals surface area contributed by atoms with Crippen LogP contribution in [-0.2, 0) is 20.7 Å². The molecule has 0 saturated heterocycles. The first-order valence-corrected chi connectivity index (χ1v) is 7.12. The number of esters is 1. The number of carbonyl (C=O) groups is 1. The summed E-state index contributed by atoms with van der Waals surface area (Å²) in [4.78, 5) is 11.9. The van der Waals surface area contributed by atoms with Gasteiger partial charge < -0.3 is 19.5 Å². The average Bonchev–Trinajstić information content (AvgIpc) is 2.51. The molecule has 1 aromatic carbocycles. The zero-order chi connectivity index (χ0) is 15.7. The second-order valence-corrected chi connectivity index (χ2v) is 4.98. The molecule has 1 atom stereocenters. The van der Waals surface area contributed by atoms with Crippen molar-refractivity contribution in [3.63, 3.8) is 0 Å². The lowest BCUT2D eigenvalue weighted by molar-refractivity contribution is -0.151. The van der Waals surface area contributed by atoms with Gasteiger partial charge in [0.1, 0.15) is 17.9 Å². The quantitative estimate of drug-likeness (QED) is 0.704. The van der Waals surface area contributed by atoms with Crippen molar-refractivity contribution in [2.45, 2.75) is 25.8 Å². The second-order valence-electron chi connectivity index (χ2n) is 4.98. The summed E-state index contributed by atoms with van der Waals surface area (Å²) in [7, 11) is 3.40. The number of hydrogen-bond acceptors (Lipinski definition) is 5. The van der Waals surface area contributed by atoms with E-state index in [9.17, 15) is 4.79 Å². The van der Waals surface area contributed by atoms with Gasteiger partial charge in [0.25, 0.3) is 0 Å². The average molecular weight is 295 g/mol. The van der Waals surface area contributed by atoms with Gasteiger partial charge in [-0.25, -0.2) is 4.79 Å². The zero-order valence-electron chi connectivity index (χ0n) is 13.3. The lowest BCUT2D eigenvalue weighted by Gasteiger charge is -2.26. The van der Waals surface area contributed by atoms with Crippen LogP contribution in [0.2, 0.25) is 0 Å². The van der Waals surface area contributed by atoms with Gasteiger partial charge in [-0.05, 0) is 45.0 Å². The van der Waals surface area contributed by atoms with Crippen LogP contribution in [-0.4, -0.2) is 45.5 Å². The van der Waals surface area contributed by atoms with Gasteiger partial charge in [0, 0.05) is 7.11 Å². The summed E-state index contributed by atoms with van der Waals surface area (Å²) >= 11 is 0. The van der Waals surface area contributed by atoms with Gasteiger partial charge in [-0.2, -0.15) is 0 Å². The molecule has 0 bridgehead atoms. The molecule has 1 unspecified atom stereocenters. The van der Waals surface area contributed by atoms with E-state index in [0.717, 1.165) is 12.2 Å². The third-order valence-electron chi connectivity index (χ3n) is 3.32. The van der Waals surface area contributed by atoms with Crippen molar-refractivity contribution in [1.82, 2.24) is 5.32 Å². The summed E-state index contributed by atoms with van der Waals surface area (Å²) in [5.41, 5.74) is 0.330. The predicted octanol–water partition coefficient (Wildman–Crippen LogP) is 1.80. The Hall–Kier alpha value is -1.59. The fourth-order valence-corrected chi connectivity index (χ4v) is 1.72. The van der Waals surface area contributed by atoms with Crippen LogP contribution in [0.25, 0.3) is 0 Å². The lowest BCUT2D eigenvalue weighted by atomic mass is 10.1. The van der Waals surface area contributed by atoms with E-state index in [1.165, 1.54) is 5.56 Å². The van der Waals surface area contributed by atoms with Gasteiger partial charge >= 0.3 is 5.97 Å². The summed E-state index contributed by atoms with van der Waals surface area (Å²) in [6.45, 7) is 4.80. The maximum atomic E-state index is 11.9. The van der Waals surface area contributed by atoms with Gasteiger partial charge in [0.15, 0.2) is 0 Å². The maximum absolute atomic E-state index is 11.9. The van der Waals surface area contributed by atoms with Crippen molar-refractivity contribution in [3.8, 4) is 5.75 Å². The Balaban J connectivity index is 2.58. The molecular formula is C16H25NO4. The Morgan fingerprint density at radius 1 is 1.29 bits per heavy atom. The molecule has 0 fully saturated rings. The van der Waals surface area contributed by atoms with Gasteiger partial charge in [-0.3, -0.25) is 0 Å². The van der Waals surface area contributed by atoms with Crippen LogP contribution in [0, 0.1) is 0 Å². The Morgan fingerprint density at radius 3 is 2.48 bits per heavy atom. The Bertz CT molecular complexity index is 432.